The molecule has 4 atom stereocenters. The molecule has 0 bridgehead atoms. The Hall–Kier alpha value is -2.07. The summed E-state index contributed by atoms with van der Waals surface area (Å²) in [6.07, 6.45) is 39.1. The van der Waals surface area contributed by atoms with E-state index >= 15 is 0 Å². The summed E-state index contributed by atoms with van der Waals surface area (Å²) < 4.78 is 39.9. The molecule has 1 saturated heterocycles. The van der Waals surface area contributed by atoms with Crippen LogP contribution in [0.15, 0.2) is 48.6 Å². The summed E-state index contributed by atoms with van der Waals surface area (Å²) in [6, 6.07) is 0. The number of nitrogens with zero attached hydrogens (tertiary/aromatic N) is 1. The molecule has 1 heterocycles. The van der Waals surface area contributed by atoms with Crippen molar-refractivity contribution in [1.82, 2.24) is 0 Å². The van der Waals surface area contributed by atoms with Crippen LogP contribution < -0.4 is 0 Å². The van der Waals surface area contributed by atoms with Crippen LogP contribution in [0.2, 0.25) is 0 Å². The van der Waals surface area contributed by atoms with E-state index in [1.54, 1.807) is 0 Å². The maximum absolute atomic E-state index is 12.7. The van der Waals surface area contributed by atoms with E-state index in [2.05, 4.69) is 62.5 Å². The fourth-order valence-corrected chi connectivity index (χ4v) is 6.43. The Bertz CT molecular complexity index is 1150. The highest BCUT2D eigenvalue weighted by Gasteiger charge is 2.36. The number of quaternary nitrogens is 1. The van der Waals surface area contributed by atoms with Crippen LogP contribution in [0.25, 0.3) is 0 Å². The van der Waals surface area contributed by atoms with E-state index < -0.39 is 32.5 Å². The van der Waals surface area contributed by atoms with Crippen molar-refractivity contribution >= 4 is 19.8 Å². The Morgan fingerprint density at radius 1 is 0.655 bits per heavy atom. The van der Waals surface area contributed by atoms with Gasteiger partial charge in [-0.05, 0) is 77.0 Å². The smallest absolute Gasteiger partial charge is 0.462 e. The fraction of sp³-hybridized carbons (Fsp3) is 0.773. The van der Waals surface area contributed by atoms with E-state index in [9.17, 15) is 19.0 Å². The number of carbonyl (C=O) groups is 2. The summed E-state index contributed by atoms with van der Waals surface area (Å²) in [4.78, 5) is 35.3. The SMILES string of the molecule is CCCCC/C=C\CC1OC1C/C=C\C/C=C\CCCC(=O)OC[C@H](COP(=O)(O)OCC[N+](C)(C)C)OC(=O)CCCCCCC/C=C\CCCCCC. The summed E-state index contributed by atoms with van der Waals surface area (Å²) in [5.41, 5.74) is 0. The largest absolute Gasteiger partial charge is 0.472 e. The minimum atomic E-state index is -4.39. The van der Waals surface area contributed by atoms with Crippen LogP contribution in [0.5, 0.6) is 0 Å². The molecule has 3 unspecified atom stereocenters. The van der Waals surface area contributed by atoms with Crippen molar-refractivity contribution in [2.24, 2.45) is 0 Å². The number of carbonyl (C=O) groups excluding carboxylic acids is 2. The number of ether oxygens (including phenoxy) is 3. The summed E-state index contributed by atoms with van der Waals surface area (Å²) in [6.45, 7) is 4.27. The van der Waals surface area contributed by atoms with Gasteiger partial charge < -0.3 is 23.6 Å². The van der Waals surface area contributed by atoms with Gasteiger partial charge in [-0.3, -0.25) is 18.6 Å². The van der Waals surface area contributed by atoms with Gasteiger partial charge in [-0.1, -0.05) is 114 Å². The molecular formula is C44H79NO9P+. The molecule has 0 amide bonds. The van der Waals surface area contributed by atoms with Crippen molar-refractivity contribution in [1.29, 1.82) is 0 Å². The normalized spacial score (nSPS) is 17.8. The van der Waals surface area contributed by atoms with Gasteiger partial charge in [-0.15, -0.1) is 0 Å². The van der Waals surface area contributed by atoms with Crippen LogP contribution in [0.1, 0.15) is 155 Å². The molecule has 55 heavy (non-hydrogen) atoms. The molecule has 10 nitrogen and oxygen atoms in total. The number of esters is 2. The number of epoxide rings is 1. The second-order valence-electron chi connectivity index (χ2n) is 15.8. The molecule has 0 aliphatic carbocycles. The highest BCUT2D eigenvalue weighted by molar-refractivity contribution is 7.47. The number of rotatable bonds is 37. The number of phosphoric ester groups is 1. The number of unbranched alkanes of at least 4 members (excludes halogenated alkanes) is 13. The van der Waals surface area contributed by atoms with E-state index in [-0.39, 0.29) is 26.1 Å². The molecule has 1 aliphatic heterocycles. The van der Waals surface area contributed by atoms with Crippen LogP contribution >= 0.6 is 7.82 Å². The average molecular weight is 797 g/mol. The second-order valence-corrected chi connectivity index (χ2v) is 17.2. The summed E-state index contributed by atoms with van der Waals surface area (Å²) in [5, 5.41) is 0. The average Bonchev–Trinajstić information content (AvgIpc) is 3.89. The Morgan fingerprint density at radius 2 is 1.16 bits per heavy atom. The third kappa shape index (κ3) is 33.8. The van der Waals surface area contributed by atoms with E-state index in [4.69, 9.17) is 23.3 Å². The van der Waals surface area contributed by atoms with Gasteiger partial charge in [0.1, 0.15) is 19.8 Å². The first-order valence-corrected chi connectivity index (χ1v) is 23.0. The molecule has 1 fully saturated rings. The summed E-state index contributed by atoms with van der Waals surface area (Å²) in [7, 11) is 1.43. The van der Waals surface area contributed by atoms with Gasteiger partial charge in [0.05, 0.1) is 40.0 Å². The summed E-state index contributed by atoms with van der Waals surface area (Å²) >= 11 is 0. The molecule has 1 aliphatic rings. The van der Waals surface area contributed by atoms with Gasteiger partial charge in [-0.25, -0.2) is 4.57 Å². The maximum atomic E-state index is 12.7. The molecule has 0 radical (unpaired) electrons. The summed E-state index contributed by atoms with van der Waals surface area (Å²) in [5.74, 6) is -0.884. The molecular weight excluding hydrogens is 717 g/mol. The molecule has 0 saturated carbocycles. The van der Waals surface area contributed by atoms with Crippen LogP contribution in [0, 0.1) is 0 Å². The van der Waals surface area contributed by atoms with Crippen LogP contribution in [0.3, 0.4) is 0 Å². The first-order chi connectivity index (χ1) is 26.5. The predicted molar refractivity (Wildman–Crippen MR) is 224 cm³/mol. The third-order valence-electron chi connectivity index (χ3n) is 9.23. The van der Waals surface area contributed by atoms with E-state index in [1.165, 1.54) is 51.4 Å². The van der Waals surface area contributed by atoms with E-state index in [1.807, 2.05) is 21.1 Å². The topological polar surface area (TPSA) is 121 Å². The van der Waals surface area contributed by atoms with E-state index in [0.717, 1.165) is 64.2 Å². The molecule has 0 aromatic rings. The van der Waals surface area contributed by atoms with Gasteiger partial charge in [0.2, 0.25) is 0 Å². The number of allylic oxidation sites excluding steroid dienone is 6. The number of hydrogen-bond donors (Lipinski definition) is 1. The highest BCUT2D eigenvalue weighted by Crippen LogP contribution is 2.43. The maximum Gasteiger partial charge on any atom is 0.472 e. The Morgan fingerprint density at radius 3 is 1.84 bits per heavy atom. The number of likely N-dealkylation sites (N-methyl/N-ethyl adjacent to an activating group) is 1. The lowest BCUT2D eigenvalue weighted by molar-refractivity contribution is -0.870. The van der Waals surface area contributed by atoms with Gasteiger partial charge in [-0.2, -0.15) is 0 Å². The second kappa shape index (κ2) is 33.0. The van der Waals surface area contributed by atoms with Crippen molar-refractivity contribution < 1.29 is 46.8 Å². The molecule has 11 heteroatoms. The lowest BCUT2D eigenvalue weighted by Crippen LogP contribution is -2.37. The Balaban J connectivity index is 2.34. The van der Waals surface area contributed by atoms with Gasteiger partial charge >= 0.3 is 19.8 Å². The minimum absolute atomic E-state index is 0.0179. The van der Waals surface area contributed by atoms with Crippen LogP contribution in [0.4, 0.5) is 0 Å². The lowest BCUT2D eigenvalue weighted by atomic mass is 10.1. The zero-order valence-electron chi connectivity index (χ0n) is 35.3. The van der Waals surface area contributed by atoms with Crippen molar-refractivity contribution in [3.8, 4) is 0 Å². The molecule has 0 aromatic carbocycles. The zero-order chi connectivity index (χ0) is 40.5. The van der Waals surface area contributed by atoms with Crippen LogP contribution in [-0.2, 0) is 37.4 Å². The van der Waals surface area contributed by atoms with Crippen molar-refractivity contribution in [3.63, 3.8) is 0 Å². The Kier molecular flexibility index (Phi) is 30.5. The zero-order valence-corrected chi connectivity index (χ0v) is 36.2. The monoisotopic (exact) mass is 797 g/mol. The van der Waals surface area contributed by atoms with Crippen molar-refractivity contribution in [3.05, 3.63) is 48.6 Å². The number of hydrogen-bond acceptors (Lipinski definition) is 8. The fourth-order valence-electron chi connectivity index (χ4n) is 5.69. The quantitative estimate of drug-likeness (QED) is 0.0163. The highest BCUT2D eigenvalue weighted by atomic mass is 31.2. The van der Waals surface area contributed by atoms with Gasteiger partial charge in [0, 0.05) is 12.8 Å². The third-order valence-corrected chi connectivity index (χ3v) is 10.2. The standard InChI is InChI=1S/C44H78NO9P/c1-6-8-10-12-14-15-16-17-18-19-22-27-31-35-44(47)53-40(39-52-55(48,49)51-37-36-45(3,4)5)38-50-43(46)34-30-26-23-20-21-25-29-33-42-41(54-42)32-28-24-13-11-9-7-2/h15-16,20,23-25,28-29,40-42H,6-14,17-19,21-22,26-27,30-39H2,1-5H3/p+1/b16-15-,23-20-,28-24-,29-25-/t40-,41?,42?/m1/s1. The lowest BCUT2D eigenvalue weighted by Gasteiger charge is -2.24. The van der Waals surface area contributed by atoms with Gasteiger partial charge in [0.15, 0.2) is 6.10 Å². The number of phosphoric acid groups is 1. The minimum Gasteiger partial charge on any atom is -0.462 e. The van der Waals surface area contributed by atoms with E-state index in [0.29, 0.717) is 36.1 Å². The molecule has 1 N–H and O–H groups in total. The van der Waals surface area contributed by atoms with Crippen molar-refractivity contribution in [2.45, 2.75) is 173 Å². The first-order valence-electron chi connectivity index (χ1n) is 21.5. The first kappa shape index (κ1) is 50.9. The molecule has 0 spiro atoms. The predicted octanol–water partition coefficient (Wildman–Crippen LogP) is 10.9. The van der Waals surface area contributed by atoms with Gasteiger partial charge in [0.25, 0.3) is 0 Å². The van der Waals surface area contributed by atoms with Crippen LogP contribution in [-0.4, -0.2) is 87.1 Å². The molecule has 0 aromatic heterocycles. The van der Waals surface area contributed by atoms with Crippen molar-refractivity contribution in [2.75, 3.05) is 47.5 Å². The Labute approximate surface area is 335 Å². The molecule has 318 valence electrons. The molecule has 1 rings (SSSR count).